The second kappa shape index (κ2) is 8.95. The Kier molecular flexibility index (Phi) is 7.21. The molecule has 30 heavy (non-hydrogen) atoms. The number of nitrogens with one attached hydrogen (secondary N) is 2. The molecule has 0 aliphatic heterocycles. The minimum Gasteiger partial charge on any atom is -0.389 e. The molecule has 0 atom stereocenters. The van der Waals surface area contributed by atoms with Crippen LogP contribution in [0.5, 0.6) is 0 Å². The van der Waals surface area contributed by atoms with Gasteiger partial charge in [-0.3, -0.25) is 4.68 Å². The van der Waals surface area contributed by atoms with Crippen molar-refractivity contribution in [3.63, 3.8) is 0 Å². The van der Waals surface area contributed by atoms with Gasteiger partial charge in [-0.25, -0.2) is 9.52 Å². The fourth-order valence-corrected chi connectivity index (χ4v) is 4.08. The van der Waals surface area contributed by atoms with E-state index >= 15 is 0 Å². The molecule has 2 rings (SSSR count). The van der Waals surface area contributed by atoms with E-state index in [1.54, 1.807) is 26.0 Å². The first kappa shape index (κ1) is 24.2. The molecule has 0 fully saturated rings. The molecule has 1 heterocycles. The molecule has 3 N–H and O–H groups in total. The smallest absolute Gasteiger partial charge is 0.333 e. The molecule has 1 aromatic carbocycles. The number of carbonyl (C=O) groups is 1. The topological polar surface area (TPSA) is 113 Å². The van der Waals surface area contributed by atoms with Gasteiger partial charge in [-0.05, 0) is 55.0 Å². The number of halogens is 1. The summed E-state index contributed by atoms with van der Waals surface area (Å²) in [5.41, 5.74) is 1.11. The molecule has 0 saturated heterocycles. The zero-order chi connectivity index (χ0) is 22.9. The van der Waals surface area contributed by atoms with Crippen molar-refractivity contribution < 1.29 is 18.3 Å². The van der Waals surface area contributed by atoms with E-state index in [9.17, 15) is 18.3 Å². The van der Waals surface area contributed by atoms with Gasteiger partial charge < -0.3 is 10.4 Å². The number of urea groups is 1. The summed E-state index contributed by atoms with van der Waals surface area (Å²) in [6, 6.07) is 3.90. The Morgan fingerprint density at radius 2 is 1.73 bits per heavy atom. The molecular weight excluding hydrogens is 428 g/mol. The molecule has 1 aromatic heterocycles. The van der Waals surface area contributed by atoms with Crippen LogP contribution in [0.15, 0.2) is 29.4 Å². The second-order valence-corrected chi connectivity index (χ2v) is 10.6. The molecule has 0 radical (unpaired) electrons. The second-order valence-electron chi connectivity index (χ2n) is 8.49. The van der Waals surface area contributed by atoms with E-state index in [1.807, 2.05) is 32.4 Å². The maximum atomic E-state index is 12.6. The van der Waals surface area contributed by atoms with Crippen molar-refractivity contribution in [2.75, 3.05) is 5.32 Å². The van der Waals surface area contributed by atoms with Crippen LogP contribution in [0.4, 0.5) is 10.5 Å². The van der Waals surface area contributed by atoms with Crippen molar-refractivity contribution in [3.8, 4) is 0 Å². The summed E-state index contributed by atoms with van der Waals surface area (Å²) in [6.07, 6.45) is 1.43. The monoisotopic (exact) mass is 456 g/mol. The normalized spacial score (nSPS) is 12.5. The number of benzene rings is 1. The Labute approximate surface area is 182 Å². The van der Waals surface area contributed by atoms with Crippen molar-refractivity contribution in [3.05, 3.63) is 40.5 Å². The van der Waals surface area contributed by atoms with Crippen LogP contribution in [-0.2, 0) is 16.6 Å². The summed E-state index contributed by atoms with van der Waals surface area (Å²) < 4.78 is 28.4. The van der Waals surface area contributed by atoms with Gasteiger partial charge in [-0.2, -0.15) is 13.5 Å². The lowest BCUT2D eigenvalue weighted by Gasteiger charge is -2.21. The first-order valence-corrected chi connectivity index (χ1v) is 11.5. The highest BCUT2D eigenvalue weighted by Crippen LogP contribution is 2.35. The van der Waals surface area contributed by atoms with Crippen LogP contribution in [0.2, 0.25) is 5.02 Å². The van der Waals surface area contributed by atoms with Gasteiger partial charge in [0.25, 0.3) is 10.0 Å². The zero-order valence-corrected chi connectivity index (χ0v) is 19.6. The molecule has 8 nitrogen and oxygen atoms in total. The Morgan fingerprint density at radius 3 is 2.20 bits per heavy atom. The summed E-state index contributed by atoms with van der Waals surface area (Å²) in [5.74, 6) is 0.122. The van der Waals surface area contributed by atoms with Crippen molar-refractivity contribution in [1.29, 1.82) is 0 Å². The van der Waals surface area contributed by atoms with Crippen LogP contribution in [0, 0.1) is 0 Å². The van der Waals surface area contributed by atoms with Crippen molar-refractivity contribution in [1.82, 2.24) is 14.5 Å². The van der Waals surface area contributed by atoms with E-state index in [1.165, 1.54) is 16.9 Å². The first-order chi connectivity index (χ1) is 13.7. The third-order valence-corrected chi connectivity index (χ3v) is 5.75. The number of sulfonamides is 1. The highest BCUT2D eigenvalue weighted by Gasteiger charge is 2.24. The van der Waals surface area contributed by atoms with Crippen LogP contribution < -0.4 is 10.0 Å². The maximum absolute atomic E-state index is 12.6. The van der Waals surface area contributed by atoms with E-state index in [-0.39, 0.29) is 23.4 Å². The van der Waals surface area contributed by atoms with Gasteiger partial charge in [0.15, 0.2) is 5.03 Å². The fourth-order valence-electron chi connectivity index (χ4n) is 2.99. The number of nitrogens with zero attached hydrogens (tertiary/aromatic N) is 2. The standard InChI is InChI=1S/C20H29ClN4O4S/c1-12(2)15-9-14(21)10-16(13(3)4)18(15)22-19(26)24-30(28,29)17-7-8-25(23-17)11-20(5,6)27/h7-10,12-13,27H,11H2,1-6H3,(H2,22,24,26). The van der Waals surface area contributed by atoms with Gasteiger partial charge in [0.1, 0.15) is 0 Å². The van der Waals surface area contributed by atoms with Crippen LogP contribution >= 0.6 is 11.6 Å². The summed E-state index contributed by atoms with van der Waals surface area (Å²) in [5, 5.41) is 16.7. The molecule has 0 bridgehead atoms. The predicted molar refractivity (Wildman–Crippen MR) is 117 cm³/mol. The van der Waals surface area contributed by atoms with Gasteiger partial charge in [0, 0.05) is 16.9 Å². The quantitative estimate of drug-likeness (QED) is 0.581. The number of anilines is 1. The number of carbonyl (C=O) groups excluding carboxylic acids is 1. The third-order valence-electron chi connectivity index (χ3n) is 4.31. The molecule has 2 amide bonds. The van der Waals surface area contributed by atoms with Gasteiger partial charge in [0.05, 0.1) is 12.1 Å². The highest BCUT2D eigenvalue weighted by molar-refractivity contribution is 7.90. The van der Waals surface area contributed by atoms with Crippen molar-refractivity contribution >= 4 is 33.3 Å². The Morgan fingerprint density at radius 1 is 1.20 bits per heavy atom. The number of amides is 2. The lowest BCUT2D eigenvalue weighted by molar-refractivity contribution is 0.0573. The molecule has 166 valence electrons. The number of aromatic nitrogens is 2. The molecule has 0 aliphatic carbocycles. The SMILES string of the molecule is CC(C)c1cc(Cl)cc(C(C)C)c1NC(=O)NS(=O)(=O)c1ccn(CC(C)(C)O)n1. The van der Waals surface area contributed by atoms with E-state index in [0.29, 0.717) is 10.7 Å². The molecule has 0 unspecified atom stereocenters. The van der Waals surface area contributed by atoms with E-state index < -0.39 is 21.7 Å². The Hall–Kier alpha value is -2.10. The molecule has 2 aromatic rings. The number of hydrogen-bond acceptors (Lipinski definition) is 5. The fraction of sp³-hybridized carbons (Fsp3) is 0.500. The van der Waals surface area contributed by atoms with Crippen LogP contribution in [0.1, 0.15) is 64.5 Å². The van der Waals surface area contributed by atoms with Gasteiger partial charge >= 0.3 is 6.03 Å². The number of hydrogen-bond donors (Lipinski definition) is 3. The lowest BCUT2D eigenvalue weighted by atomic mass is 9.92. The highest BCUT2D eigenvalue weighted by atomic mass is 35.5. The Balaban J connectivity index is 2.27. The number of aliphatic hydroxyl groups is 1. The minimum absolute atomic E-state index is 0.0608. The predicted octanol–water partition coefficient (Wildman–Crippen LogP) is 4.06. The zero-order valence-electron chi connectivity index (χ0n) is 18.0. The molecule has 0 spiro atoms. The molecule has 0 aliphatic rings. The van der Waals surface area contributed by atoms with Crippen molar-refractivity contribution in [2.24, 2.45) is 0 Å². The molecule has 0 saturated carbocycles. The van der Waals surface area contributed by atoms with E-state index in [0.717, 1.165) is 11.1 Å². The average molecular weight is 457 g/mol. The minimum atomic E-state index is -4.19. The number of rotatable bonds is 7. The molecule has 10 heteroatoms. The van der Waals surface area contributed by atoms with Crippen LogP contribution in [0.25, 0.3) is 0 Å². The van der Waals surface area contributed by atoms with Gasteiger partial charge in [0.2, 0.25) is 0 Å². The summed E-state index contributed by atoms with van der Waals surface area (Å²) in [4.78, 5) is 12.6. The molecular formula is C20H29ClN4O4S. The summed E-state index contributed by atoms with van der Waals surface area (Å²) in [6.45, 7) is 11.1. The third kappa shape index (κ3) is 6.20. The Bertz CT molecular complexity index is 995. The summed E-state index contributed by atoms with van der Waals surface area (Å²) >= 11 is 6.23. The van der Waals surface area contributed by atoms with Gasteiger partial charge in [-0.15, -0.1) is 0 Å². The first-order valence-electron chi connectivity index (χ1n) is 9.62. The van der Waals surface area contributed by atoms with E-state index in [4.69, 9.17) is 11.6 Å². The van der Waals surface area contributed by atoms with E-state index in [2.05, 4.69) is 10.4 Å². The van der Waals surface area contributed by atoms with Crippen molar-refractivity contribution in [2.45, 2.75) is 70.6 Å². The average Bonchev–Trinajstić information content (AvgIpc) is 3.02. The largest absolute Gasteiger partial charge is 0.389 e. The van der Waals surface area contributed by atoms with Gasteiger partial charge in [-0.1, -0.05) is 39.3 Å². The maximum Gasteiger partial charge on any atom is 0.333 e. The summed E-state index contributed by atoms with van der Waals surface area (Å²) in [7, 11) is -4.19. The lowest BCUT2D eigenvalue weighted by Crippen LogP contribution is -2.35. The van der Waals surface area contributed by atoms with Crippen LogP contribution in [0.3, 0.4) is 0 Å². The van der Waals surface area contributed by atoms with Crippen LogP contribution in [-0.4, -0.2) is 34.9 Å².